The fraction of sp³-hybridized carbons (Fsp3) is 0.190. The zero-order valence-electron chi connectivity index (χ0n) is 15.6. The number of carbonyl (C=O) groups excluding carboxylic acids is 2. The van der Waals surface area contributed by atoms with Crippen molar-refractivity contribution in [1.82, 2.24) is 9.78 Å². The molecule has 2 aromatic carbocycles. The molecule has 0 saturated heterocycles. The van der Waals surface area contributed by atoms with E-state index in [0.29, 0.717) is 17.3 Å². The second-order valence-electron chi connectivity index (χ2n) is 6.58. The van der Waals surface area contributed by atoms with Gasteiger partial charge in [0.15, 0.2) is 0 Å². The van der Waals surface area contributed by atoms with Gasteiger partial charge >= 0.3 is 11.8 Å². The van der Waals surface area contributed by atoms with Crippen molar-refractivity contribution in [2.45, 2.75) is 26.7 Å². The molecule has 1 aromatic heterocycles. The first kappa shape index (κ1) is 18.4. The van der Waals surface area contributed by atoms with Crippen LogP contribution in [-0.4, -0.2) is 21.6 Å². The van der Waals surface area contributed by atoms with Crippen LogP contribution in [0.4, 0.5) is 11.4 Å². The van der Waals surface area contributed by atoms with E-state index in [0.717, 1.165) is 16.9 Å². The van der Waals surface area contributed by atoms with Crippen molar-refractivity contribution in [2.75, 3.05) is 10.6 Å². The first-order valence-electron chi connectivity index (χ1n) is 8.78. The van der Waals surface area contributed by atoms with E-state index < -0.39 is 11.8 Å². The predicted molar refractivity (Wildman–Crippen MR) is 106 cm³/mol. The molecule has 27 heavy (non-hydrogen) atoms. The van der Waals surface area contributed by atoms with E-state index in [4.69, 9.17) is 0 Å². The Bertz CT molecular complexity index is 961. The second kappa shape index (κ2) is 7.86. The third-order valence-electron chi connectivity index (χ3n) is 4.28. The lowest BCUT2D eigenvalue weighted by molar-refractivity contribution is -0.133. The van der Waals surface area contributed by atoms with Crippen LogP contribution in [0.5, 0.6) is 0 Å². The first-order valence-corrected chi connectivity index (χ1v) is 8.78. The van der Waals surface area contributed by atoms with Gasteiger partial charge < -0.3 is 10.6 Å². The van der Waals surface area contributed by atoms with Crippen molar-refractivity contribution in [1.29, 1.82) is 0 Å². The van der Waals surface area contributed by atoms with Crippen LogP contribution in [0.3, 0.4) is 0 Å². The molecule has 138 valence electrons. The maximum absolute atomic E-state index is 12.3. The summed E-state index contributed by atoms with van der Waals surface area (Å²) in [6.45, 7) is 5.97. The van der Waals surface area contributed by atoms with E-state index in [9.17, 15) is 9.59 Å². The van der Waals surface area contributed by atoms with Gasteiger partial charge in [0.1, 0.15) is 0 Å². The lowest BCUT2D eigenvalue weighted by Gasteiger charge is -2.10. The van der Waals surface area contributed by atoms with Gasteiger partial charge in [0, 0.05) is 5.69 Å². The zero-order chi connectivity index (χ0) is 19.4. The molecule has 0 aliphatic carbocycles. The SMILES string of the molecule is Cc1c(NC(=O)C(=O)Nc2cccc(C(C)C)c2)cnn1-c1ccccc1. The summed E-state index contributed by atoms with van der Waals surface area (Å²) >= 11 is 0. The third-order valence-corrected chi connectivity index (χ3v) is 4.28. The van der Waals surface area contributed by atoms with Crippen LogP contribution in [-0.2, 0) is 9.59 Å². The number of hydrogen-bond donors (Lipinski definition) is 2. The van der Waals surface area contributed by atoms with Crippen molar-refractivity contribution in [3.63, 3.8) is 0 Å². The molecule has 6 nitrogen and oxygen atoms in total. The van der Waals surface area contributed by atoms with Crippen LogP contribution in [0.25, 0.3) is 5.69 Å². The molecule has 0 spiro atoms. The second-order valence-corrected chi connectivity index (χ2v) is 6.58. The maximum Gasteiger partial charge on any atom is 0.314 e. The van der Waals surface area contributed by atoms with E-state index in [-0.39, 0.29) is 0 Å². The highest BCUT2D eigenvalue weighted by Crippen LogP contribution is 2.20. The highest BCUT2D eigenvalue weighted by atomic mass is 16.2. The molecule has 3 aromatic rings. The minimum absolute atomic E-state index is 0.335. The van der Waals surface area contributed by atoms with Crippen molar-refractivity contribution in [3.05, 3.63) is 72.1 Å². The average molecular weight is 362 g/mol. The summed E-state index contributed by atoms with van der Waals surface area (Å²) in [5, 5.41) is 9.54. The van der Waals surface area contributed by atoms with Crippen molar-refractivity contribution < 1.29 is 9.59 Å². The molecule has 3 rings (SSSR count). The number of nitrogens with one attached hydrogen (secondary N) is 2. The summed E-state index contributed by atoms with van der Waals surface area (Å²) in [5.74, 6) is -1.12. The van der Waals surface area contributed by atoms with Crippen LogP contribution in [0.15, 0.2) is 60.8 Å². The average Bonchev–Trinajstić information content (AvgIpc) is 3.03. The molecule has 2 N–H and O–H groups in total. The van der Waals surface area contributed by atoms with E-state index in [1.54, 1.807) is 10.7 Å². The van der Waals surface area contributed by atoms with Gasteiger partial charge in [-0.15, -0.1) is 0 Å². The van der Waals surface area contributed by atoms with Crippen LogP contribution in [0.1, 0.15) is 31.0 Å². The Balaban J connectivity index is 1.70. The fourth-order valence-corrected chi connectivity index (χ4v) is 2.70. The van der Waals surface area contributed by atoms with Crippen molar-refractivity contribution in [2.24, 2.45) is 0 Å². The van der Waals surface area contributed by atoms with Crippen LogP contribution >= 0.6 is 0 Å². The summed E-state index contributed by atoms with van der Waals surface area (Å²) in [5.41, 5.74) is 3.80. The molecule has 0 radical (unpaired) electrons. The number of amides is 2. The lowest BCUT2D eigenvalue weighted by Crippen LogP contribution is -2.29. The minimum Gasteiger partial charge on any atom is -0.318 e. The number of anilines is 2. The van der Waals surface area contributed by atoms with Gasteiger partial charge in [0.2, 0.25) is 0 Å². The quantitative estimate of drug-likeness (QED) is 0.692. The highest BCUT2D eigenvalue weighted by molar-refractivity contribution is 6.43. The Morgan fingerprint density at radius 3 is 2.37 bits per heavy atom. The topological polar surface area (TPSA) is 76.0 Å². The van der Waals surface area contributed by atoms with Crippen LogP contribution < -0.4 is 10.6 Å². The molecule has 2 amide bonds. The Kier molecular flexibility index (Phi) is 5.35. The molecule has 0 unspecified atom stereocenters. The molecule has 0 saturated carbocycles. The standard InChI is InChI=1S/C21H22N4O2/c1-14(2)16-8-7-9-17(12-16)23-20(26)21(27)24-19-13-22-25(15(19)3)18-10-5-4-6-11-18/h4-14H,1-3H3,(H,23,26)(H,24,27). The number of benzene rings is 2. The Morgan fingerprint density at radius 1 is 0.963 bits per heavy atom. The Labute approximate surface area is 158 Å². The number of rotatable bonds is 4. The molecule has 0 bridgehead atoms. The highest BCUT2D eigenvalue weighted by Gasteiger charge is 2.17. The summed E-state index contributed by atoms with van der Waals surface area (Å²) in [4.78, 5) is 24.5. The van der Waals surface area contributed by atoms with E-state index in [1.165, 1.54) is 6.20 Å². The molecule has 0 aliphatic rings. The molecule has 0 fully saturated rings. The first-order chi connectivity index (χ1) is 13.0. The molecule has 6 heteroatoms. The van der Waals surface area contributed by atoms with Gasteiger partial charge in [-0.3, -0.25) is 9.59 Å². The van der Waals surface area contributed by atoms with Gasteiger partial charge in [-0.2, -0.15) is 5.10 Å². The van der Waals surface area contributed by atoms with Gasteiger partial charge in [0.25, 0.3) is 0 Å². The normalized spacial score (nSPS) is 10.7. The Morgan fingerprint density at radius 2 is 1.67 bits per heavy atom. The summed E-state index contributed by atoms with van der Waals surface area (Å²) in [6.07, 6.45) is 1.53. The molecule has 0 aliphatic heterocycles. The maximum atomic E-state index is 12.3. The number of para-hydroxylation sites is 1. The van der Waals surface area contributed by atoms with Crippen LogP contribution in [0.2, 0.25) is 0 Å². The van der Waals surface area contributed by atoms with Gasteiger partial charge in [-0.1, -0.05) is 44.2 Å². The van der Waals surface area contributed by atoms with Crippen molar-refractivity contribution in [3.8, 4) is 5.69 Å². The van der Waals surface area contributed by atoms with E-state index >= 15 is 0 Å². The minimum atomic E-state index is -0.735. The molecule has 0 atom stereocenters. The van der Waals surface area contributed by atoms with Gasteiger partial charge in [-0.05, 0) is 42.7 Å². The van der Waals surface area contributed by atoms with Crippen LogP contribution in [0, 0.1) is 6.92 Å². The Hall–Kier alpha value is -3.41. The van der Waals surface area contributed by atoms with E-state index in [2.05, 4.69) is 29.6 Å². The summed E-state index contributed by atoms with van der Waals surface area (Å²) in [7, 11) is 0. The summed E-state index contributed by atoms with van der Waals surface area (Å²) in [6, 6.07) is 17.0. The smallest absolute Gasteiger partial charge is 0.314 e. The van der Waals surface area contributed by atoms with Gasteiger partial charge in [-0.25, -0.2) is 4.68 Å². The zero-order valence-corrected chi connectivity index (χ0v) is 15.6. The van der Waals surface area contributed by atoms with Crippen molar-refractivity contribution >= 4 is 23.2 Å². The number of carbonyl (C=O) groups is 2. The third kappa shape index (κ3) is 4.23. The number of nitrogens with zero attached hydrogens (tertiary/aromatic N) is 2. The molecular weight excluding hydrogens is 340 g/mol. The van der Waals surface area contributed by atoms with Gasteiger partial charge in [0.05, 0.1) is 23.3 Å². The number of aromatic nitrogens is 2. The monoisotopic (exact) mass is 362 g/mol. The predicted octanol–water partition coefficient (Wildman–Crippen LogP) is 3.88. The molecule has 1 heterocycles. The molecular formula is C21H22N4O2. The van der Waals surface area contributed by atoms with E-state index in [1.807, 2.05) is 55.5 Å². The summed E-state index contributed by atoms with van der Waals surface area (Å²) < 4.78 is 1.71. The number of hydrogen-bond acceptors (Lipinski definition) is 3. The fourth-order valence-electron chi connectivity index (χ4n) is 2.70. The largest absolute Gasteiger partial charge is 0.318 e. The lowest BCUT2D eigenvalue weighted by atomic mass is 10.0.